The number of nitrogens with zero attached hydrogens (tertiary/aromatic N) is 2. The van der Waals surface area contributed by atoms with Gasteiger partial charge in [-0.05, 0) is 31.9 Å². The minimum Gasteiger partial charge on any atom is -0.386 e. The zero-order chi connectivity index (χ0) is 17.6. The summed E-state index contributed by atoms with van der Waals surface area (Å²) in [4.78, 5) is 7.67. The summed E-state index contributed by atoms with van der Waals surface area (Å²) in [5.74, 6) is 0.815. The highest BCUT2D eigenvalue weighted by atomic mass is 127. The Labute approximate surface area is 180 Å². The summed E-state index contributed by atoms with van der Waals surface area (Å²) >= 11 is 7.33. The smallest absolute Gasteiger partial charge is 0.194 e. The van der Waals surface area contributed by atoms with E-state index in [0.29, 0.717) is 17.5 Å². The molecule has 3 heterocycles. The lowest BCUT2D eigenvalue weighted by Crippen LogP contribution is -2.53. The van der Waals surface area contributed by atoms with Gasteiger partial charge in [0, 0.05) is 31.1 Å². The molecule has 0 aliphatic carbocycles. The van der Waals surface area contributed by atoms with Crippen molar-refractivity contribution in [2.45, 2.75) is 38.1 Å². The number of aliphatic hydroxyl groups is 1. The molecule has 0 saturated carbocycles. The second-order valence-electron chi connectivity index (χ2n) is 6.26. The minimum atomic E-state index is -0.638. The van der Waals surface area contributed by atoms with Crippen molar-refractivity contribution in [2.75, 3.05) is 39.4 Å². The summed E-state index contributed by atoms with van der Waals surface area (Å²) in [6.45, 7) is 6.17. The van der Waals surface area contributed by atoms with Crippen LogP contribution in [-0.2, 0) is 9.47 Å². The Hall–Kier alpha value is -0.130. The third kappa shape index (κ3) is 5.93. The van der Waals surface area contributed by atoms with Gasteiger partial charge in [-0.1, -0.05) is 11.6 Å². The number of halogens is 2. The molecule has 0 amide bonds. The average Bonchev–Trinajstić information content (AvgIpc) is 3.30. The van der Waals surface area contributed by atoms with Crippen molar-refractivity contribution >= 4 is 52.9 Å². The van der Waals surface area contributed by atoms with E-state index in [2.05, 4.69) is 15.2 Å². The molecule has 0 radical (unpaired) electrons. The molecule has 2 saturated heterocycles. The molecule has 2 aliphatic rings. The number of morpholine rings is 1. The van der Waals surface area contributed by atoms with Crippen molar-refractivity contribution in [3.63, 3.8) is 0 Å². The molecule has 0 spiro atoms. The molecule has 0 bridgehead atoms. The first kappa shape index (κ1) is 22.2. The molecule has 0 aromatic carbocycles. The van der Waals surface area contributed by atoms with Crippen LogP contribution in [-0.4, -0.2) is 67.6 Å². The van der Waals surface area contributed by atoms with Gasteiger partial charge in [0.15, 0.2) is 5.96 Å². The molecule has 9 heteroatoms. The Balaban J connectivity index is 0.00000243. The van der Waals surface area contributed by atoms with Gasteiger partial charge in [-0.15, -0.1) is 35.3 Å². The van der Waals surface area contributed by atoms with E-state index in [1.807, 2.05) is 13.0 Å². The number of hydrogen-bond acceptors (Lipinski definition) is 5. The Bertz CT molecular complexity index is 583. The third-order valence-electron chi connectivity index (χ3n) is 4.44. The first-order valence-electron chi connectivity index (χ1n) is 8.87. The van der Waals surface area contributed by atoms with Gasteiger partial charge < -0.3 is 24.8 Å². The van der Waals surface area contributed by atoms with E-state index in [0.717, 1.165) is 49.9 Å². The van der Waals surface area contributed by atoms with Gasteiger partial charge in [-0.2, -0.15) is 0 Å². The fourth-order valence-corrected chi connectivity index (χ4v) is 4.22. The zero-order valence-electron chi connectivity index (χ0n) is 14.9. The highest BCUT2D eigenvalue weighted by molar-refractivity contribution is 14.0. The fourth-order valence-electron chi connectivity index (χ4n) is 3.18. The van der Waals surface area contributed by atoms with Crippen LogP contribution in [0, 0.1) is 0 Å². The van der Waals surface area contributed by atoms with Crippen molar-refractivity contribution in [3.05, 3.63) is 21.3 Å². The van der Waals surface area contributed by atoms with Crippen LogP contribution >= 0.6 is 46.9 Å². The van der Waals surface area contributed by atoms with Gasteiger partial charge >= 0.3 is 0 Å². The largest absolute Gasteiger partial charge is 0.386 e. The minimum absolute atomic E-state index is 0. The molecule has 3 atom stereocenters. The first-order valence-corrected chi connectivity index (χ1v) is 10.1. The van der Waals surface area contributed by atoms with E-state index < -0.39 is 6.10 Å². The Morgan fingerprint density at radius 2 is 2.23 bits per heavy atom. The molecule has 2 aliphatic heterocycles. The molecular weight excluding hydrogens is 489 g/mol. The summed E-state index contributed by atoms with van der Waals surface area (Å²) in [6, 6.07) is 3.65. The van der Waals surface area contributed by atoms with E-state index in [1.165, 1.54) is 11.3 Å². The summed E-state index contributed by atoms with van der Waals surface area (Å²) < 4.78 is 12.4. The van der Waals surface area contributed by atoms with Crippen LogP contribution in [0.2, 0.25) is 4.34 Å². The van der Waals surface area contributed by atoms with Crippen LogP contribution < -0.4 is 5.32 Å². The van der Waals surface area contributed by atoms with E-state index in [4.69, 9.17) is 21.1 Å². The Morgan fingerprint density at radius 1 is 1.42 bits per heavy atom. The normalized spacial score (nSPS) is 25.0. The molecule has 26 heavy (non-hydrogen) atoms. The third-order valence-corrected chi connectivity index (χ3v) is 5.78. The number of ether oxygens (including phenoxy) is 2. The zero-order valence-corrected chi connectivity index (χ0v) is 18.8. The summed E-state index contributed by atoms with van der Waals surface area (Å²) in [6.07, 6.45) is 1.80. The van der Waals surface area contributed by atoms with Crippen molar-refractivity contribution < 1.29 is 14.6 Å². The molecule has 1 aromatic rings. The topological polar surface area (TPSA) is 66.3 Å². The number of guanidine groups is 1. The Morgan fingerprint density at radius 3 is 2.88 bits per heavy atom. The molecule has 148 valence electrons. The second kappa shape index (κ2) is 11.0. The molecular formula is C17H27ClIN3O3S. The average molecular weight is 516 g/mol. The number of nitrogens with one attached hydrogen (secondary N) is 1. The van der Waals surface area contributed by atoms with Crippen molar-refractivity contribution in [2.24, 2.45) is 4.99 Å². The lowest BCUT2D eigenvalue weighted by Gasteiger charge is -2.37. The predicted octanol–water partition coefficient (Wildman–Crippen LogP) is 2.90. The highest BCUT2D eigenvalue weighted by Crippen LogP contribution is 2.27. The van der Waals surface area contributed by atoms with Crippen LogP contribution in [0.5, 0.6) is 0 Å². The maximum absolute atomic E-state index is 10.3. The van der Waals surface area contributed by atoms with E-state index in [9.17, 15) is 5.11 Å². The Kier molecular flexibility index (Phi) is 9.39. The second-order valence-corrected chi connectivity index (χ2v) is 8.01. The summed E-state index contributed by atoms with van der Waals surface area (Å²) in [5.41, 5.74) is 0. The molecule has 2 N–H and O–H groups in total. The predicted molar refractivity (Wildman–Crippen MR) is 116 cm³/mol. The maximum Gasteiger partial charge on any atom is 0.194 e. The number of thiophene rings is 1. The molecule has 3 unspecified atom stereocenters. The van der Waals surface area contributed by atoms with Gasteiger partial charge in [0.2, 0.25) is 0 Å². The van der Waals surface area contributed by atoms with Crippen molar-refractivity contribution in [1.82, 2.24) is 10.2 Å². The van der Waals surface area contributed by atoms with E-state index in [1.54, 1.807) is 6.07 Å². The van der Waals surface area contributed by atoms with Gasteiger partial charge in [-0.25, -0.2) is 0 Å². The van der Waals surface area contributed by atoms with E-state index >= 15 is 0 Å². The van der Waals surface area contributed by atoms with Crippen LogP contribution in [0.1, 0.15) is 30.7 Å². The lowest BCUT2D eigenvalue weighted by atomic mass is 10.1. The number of hydrogen-bond donors (Lipinski definition) is 2. The monoisotopic (exact) mass is 515 g/mol. The van der Waals surface area contributed by atoms with Crippen LogP contribution in [0.15, 0.2) is 17.1 Å². The summed E-state index contributed by atoms with van der Waals surface area (Å²) in [7, 11) is 0. The van der Waals surface area contributed by atoms with Gasteiger partial charge in [0.05, 0.1) is 23.6 Å². The van der Waals surface area contributed by atoms with Gasteiger partial charge in [0.25, 0.3) is 0 Å². The SMILES string of the molecule is CCNC(=NCC(O)c1ccc(Cl)s1)N1CCOC(C2CCCO2)C1.I. The standard InChI is InChI=1S/C17H26ClN3O3S.HI/c1-2-19-17(20-10-12(22)15-5-6-16(18)25-15)21-7-9-24-14(11-21)13-4-3-8-23-13;/h5-6,12-14,22H,2-4,7-11H2,1H3,(H,19,20);1H. The van der Waals surface area contributed by atoms with E-state index in [-0.39, 0.29) is 36.2 Å². The van der Waals surface area contributed by atoms with Gasteiger partial charge in [-0.3, -0.25) is 4.99 Å². The van der Waals surface area contributed by atoms with Crippen LogP contribution in [0.3, 0.4) is 0 Å². The van der Waals surface area contributed by atoms with Crippen molar-refractivity contribution in [3.8, 4) is 0 Å². The maximum atomic E-state index is 10.3. The number of aliphatic imine (C=N–C) groups is 1. The van der Waals surface area contributed by atoms with Crippen molar-refractivity contribution in [1.29, 1.82) is 0 Å². The van der Waals surface area contributed by atoms with Crippen LogP contribution in [0.25, 0.3) is 0 Å². The first-order chi connectivity index (χ1) is 12.2. The number of rotatable bonds is 5. The quantitative estimate of drug-likeness (QED) is 0.359. The van der Waals surface area contributed by atoms with Crippen LogP contribution in [0.4, 0.5) is 0 Å². The molecule has 3 rings (SSSR count). The number of aliphatic hydroxyl groups excluding tert-OH is 1. The molecule has 6 nitrogen and oxygen atoms in total. The molecule has 1 aromatic heterocycles. The molecule has 2 fully saturated rings. The fraction of sp³-hybridized carbons (Fsp3) is 0.706. The highest BCUT2D eigenvalue weighted by Gasteiger charge is 2.32. The summed E-state index contributed by atoms with van der Waals surface area (Å²) in [5, 5.41) is 13.6. The lowest BCUT2D eigenvalue weighted by molar-refractivity contribution is -0.0817. The van der Waals surface area contributed by atoms with Gasteiger partial charge in [0.1, 0.15) is 12.2 Å².